The molecule has 164 valence electrons. The van der Waals surface area contributed by atoms with Crippen molar-refractivity contribution in [2.24, 2.45) is 0 Å². The van der Waals surface area contributed by atoms with Crippen molar-refractivity contribution in [1.29, 1.82) is 0 Å². The molecular weight excluding hydrogens is 408 g/mol. The minimum absolute atomic E-state index is 0.175. The van der Waals surface area contributed by atoms with Gasteiger partial charge < -0.3 is 19.1 Å². The highest BCUT2D eigenvalue weighted by Crippen LogP contribution is 2.30. The lowest BCUT2D eigenvalue weighted by molar-refractivity contribution is 0.0517. The number of carbonyl (C=O) groups excluding carboxylic acids is 1. The van der Waals surface area contributed by atoms with E-state index in [9.17, 15) is 13.6 Å². The van der Waals surface area contributed by atoms with Gasteiger partial charge in [-0.15, -0.1) is 0 Å². The number of anilines is 1. The van der Waals surface area contributed by atoms with Gasteiger partial charge in [-0.2, -0.15) is 0 Å². The Labute approximate surface area is 178 Å². The lowest BCUT2D eigenvalue weighted by Crippen LogP contribution is -2.36. The Hall–Kier alpha value is -3.20. The lowest BCUT2D eigenvalue weighted by Gasteiger charge is -2.29. The monoisotopic (exact) mass is 431 g/mol. The van der Waals surface area contributed by atoms with E-state index in [0.29, 0.717) is 43.4 Å². The third-order valence-corrected chi connectivity index (χ3v) is 5.12. The predicted molar refractivity (Wildman–Crippen MR) is 110 cm³/mol. The molecule has 0 saturated carbocycles. The molecule has 31 heavy (non-hydrogen) atoms. The van der Waals surface area contributed by atoms with E-state index in [2.05, 4.69) is 9.88 Å². The van der Waals surface area contributed by atoms with Gasteiger partial charge in [0, 0.05) is 25.4 Å². The van der Waals surface area contributed by atoms with Gasteiger partial charge in [0.15, 0.2) is 17.1 Å². The number of imidazole rings is 1. The second kappa shape index (κ2) is 8.89. The molecule has 1 aromatic carbocycles. The van der Waals surface area contributed by atoms with Crippen LogP contribution in [0.25, 0.3) is 5.65 Å². The van der Waals surface area contributed by atoms with E-state index in [4.69, 9.17) is 14.2 Å². The Morgan fingerprint density at radius 3 is 2.61 bits per heavy atom. The molecule has 3 heterocycles. The largest absolute Gasteiger partial charge is 0.485 e. The van der Waals surface area contributed by atoms with Crippen molar-refractivity contribution in [2.75, 3.05) is 37.8 Å². The average Bonchev–Trinajstić information content (AvgIpc) is 3.10. The van der Waals surface area contributed by atoms with Crippen LogP contribution in [0.3, 0.4) is 0 Å². The van der Waals surface area contributed by atoms with Crippen molar-refractivity contribution < 1.29 is 27.8 Å². The third kappa shape index (κ3) is 4.18. The number of esters is 1. The number of fused-ring (bicyclic) bond motifs is 1. The number of hydrogen-bond acceptors (Lipinski definition) is 6. The molecule has 7 nitrogen and oxygen atoms in total. The summed E-state index contributed by atoms with van der Waals surface area (Å²) in [6.45, 7) is 5.81. The van der Waals surface area contributed by atoms with Gasteiger partial charge in [0.05, 0.1) is 36.8 Å². The first-order chi connectivity index (χ1) is 15.0. The summed E-state index contributed by atoms with van der Waals surface area (Å²) >= 11 is 0. The maximum atomic E-state index is 14.1. The number of carbonyl (C=O) groups is 1. The van der Waals surface area contributed by atoms with Crippen LogP contribution in [-0.2, 0) is 16.1 Å². The highest BCUT2D eigenvalue weighted by atomic mass is 19.1. The SMILES string of the molecule is CCOC(=O)c1c(C)nc2c(OCc3c(F)cccc3F)cc(N3CCOCC3)cn12. The van der Waals surface area contributed by atoms with E-state index in [1.165, 1.54) is 18.2 Å². The Kier molecular flexibility index (Phi) is 6.03. The van der Waals surface area contributed by atoms with Crippen molar-refractivity contribution in [3.8, 4) is 5.75 Å². The number of hydrogen-bond donors (Lipinski definition) is 0. The maximum absolute atomic E-state index is 14.1. The van der Waals surface area contributed by atoms with E-state index in [1.807, 2.05) is 0 Å². The molecule has 0 aliphatic carbocycles. The van der Waals surface area contributed by atoms with Gasteiger partial charge in [0.1, 0.15) is 18.2 Å². The molecule has 1 fully saturated rings. The van der Waals surface area contributed by atoms with Crippen molar-refractivity contribution in [1.82, 2.24) is 9.38 Å². The van der Waals surface area contributed by atoms with Crippen LogP contribution in [0.2, 0.25) is 0 Å². The van der Waals surface area contributed by atoms with E-state index in [0.717, 1.165) is 5.69 Å². The summed E-state index contributed by atoms with van der Waals surface area (Å²) in [6.07, 6.45) is 1.80. The summed E-state index contributed by atoms with van der Waals surface area (Å²) < 4.78 is 46.2. The van der Waals surface area contributed by atoms with Crippen molar-refractivity contribution in [2.45, 2.75) is 20.5 Å². The number of rotatable bonds is 6. The second-order valence-electron chi connectivity index (χ2n) is 7.11. The molecule has 0 spiro atoms. The molecule has 0 N–H and O–H groups in total. The first kappa shape index (κ1) is 21.0. The van der Waals surface area contributed by atoms with Gasteiger partial charge in [0.2, 0.25) is 0 Å². The average molecular weight is 431 g/mol. The van der Waals surface area contributed by atoms with Crippen molar-refractivity contribution in [3.63, 3.8) is 0 Å². The molecule has 1 aliphatic heterocycles. The molecule has 4 rings (SSSR count). The van der Waals surface area contributed by atoms with Crippen LogP contribution in [0, 0.1) is 18.6 Å². The third-order valence-electron chi connectivity index (χ3n) is 5.12. The Morgan fingerprint density at radius 1 is 1.23 bits per heavy atom. The van der Waals surface area contributed by atoms with Crippen LogP contribution < -0.4 is 9.64 Å². The fourth-order valence-electron chi connectivity index (χ4n) is 3.58. The summed E-state index contributed by atoms with van der Waals surface area (Å²) in [6, 6.07) is 5.43. The highest BCUT2D eigenvalue weighted by molar-refractivity contribution is 5.90. The zero-order valence-electron chi connectivity index (χ0n) is 17.4. The summed E-state index contributed by atoms with van der Waals surface area (Å²) in [7, 11) is 0. The van der Waals surface area contributed by atoms with E-state index >= 15 is 0 Å². The quantitative estimate of drug-likeness (QED) is 0.557. The molecule has 1 aliphatic rings. The number of pyridine rings is 1. The molecule has 0 unspecified atom stereocenters. The maximum Gasteiger partial charge on any atom is 0.357 e. The zero-order valence-corrected chi connectivity index (χ0v) is 17.4. The molecule has 0 radical (unpaired) electrons. The minimum Gasteiger partial charge on any atom is -0.485 e. The Balaban J connectivity index is 1.78. The fraction of sp³-hybridized carbons (Fsp3) is 0.364. The molecule has 0 bridgehead atoms. The number of halogens is 2. The van der Waals surface area contributed by atoms with Crippen LogP contribution >= 0.6 is 0 Å². The van der Waals surface area contributed by atoms with Gasteiger partial charge in [-0.1, -0.05) is 6.07 Å². The summed E-state index contributed by atoms with van der Waals surface area (Å²) in [5.41, 5.74) is 1.73. The standard InChI is InChI=1S/C22H23F2N3O4/c1-3-30-22(28)20-14(2)25-21-19(31-13-16-17(23)5-4-6-18(16)24)11-15(12-27(20)21)26-7-9-29-10-8-26/h4-6,11-12H,3,7-10,13H2,1-2H3. The van der Waals surface area contributed by atoms with Gasteiger partial charge in [-0.25, -0.2) is 18.6 Å². The van der Waals surface area contributed by atoms with Crippen LogP contribution in [0.5, 0.6) is 5.75 Å². The number of morpholine rings is 1. The first-order valence-corrected chi connectivity index (χ1v) is 10.1. The van der Waals surface area contributed by atoms with Gasteiger partial charge in [-0.05, 0) is 26.0 Å². The van der Waals surface area contributed by atoms with Crippen LogP contribution in [0.15, 0.2) is 30.5 Å². The summed E-state index contributed by atoms with van der Waals surface area (Å²) in [5.74, 6) is -1.57. The summed E-state index contributed by atoms with van der Waals surface area (Å²) in [5, 5.41) is 0. The zero-order chi connectivity index (χ0) is 22.0. The number of benzene rings is 1. The van der Waals surface area contributed by atoms with E-state index in [-0.39, 0.29) is 24.5 Å². The topological polar surface area (TPSA) is 65.3 Å². The highest BCUT2D eigenvalue weighted by Gasteiger charge is 2.23. The normalized spacial score (nSPS) is 14.1. The summed E-state index contributed by atoms with van der Waals surface area (Å²) in [4.78, 5) is 19.1. The van der Waals surface area contributed by atoms with Gasteiger partial charge >= 0.3 is 5.97 Å². The number of aryl methyl sites for hydroxylation is 1. The predicted octanol–water partition coefficient (Wildman–Crippen LogP) is 3.51. The van der Waals surface area contributed by atoms with E-state index < -0.39 is 17.6 Å². The second-order valence-corrected chi connectivity index (χ2v) is 7.11. The van der Waals surface area contributed by atoms with Crippen molar-refractivity contribution in [3.05, 3.63) is 59.0 Å². The first-order valence-electron chi connectivity index (χ1n) is 10.1. The molecule has 9 heteroatoms. The molecule has 0 atom stereocenters. The van der Waals surface area contributed by atoms with Crippen molar-refractivity contribution >= 4 is 17.3 Å². The van der Waals surface area contributed by atoms with Gasteiger partial charge in [-0.3, -0.25) is 4.40 Å². The fourth-order valence-corrected chi connectivity index (χ4v) is 3.58. The van der Waals surface area contributed by atoms with Crippen LogP contribution in [-0.4, -0.2) is 48.3 Å². The minimum atomic E-state index is -0.688. The lowest BCUT2D eigenvalue weighted by atomic mass is 10.2. The Bertz CT molecular complexity index is 1090. The van der Waals surface area contributed by atoms with Gasteiger partial charge in [0.25, 0.3) is 0 Å². The Morgan fingerprint density at radius 2 is 1.94 bits per heavy atom. The van der Waals surface area contributed by atoms with Crippen LogP contribution in [0.1, 0.15) is 28.7 Å². The number of aromatic nitrogens is 2. The number of ether oxygens (including phenoxy) is 3. The van der Waals surface area contributed by atoms with E-state index in [1.54, 1.807) is 30.5 Å². The molecular formula is C22H23F2N3O4. The smallest absolute Gasteiger partial charge is 0.357 e. The molecule has 1 saturated heterocycles. The number of nitrogens with zero attached hydrogens (tertiary/aromatic N) is 3. The molecule has 2 aromatic heterocycles. The molecule has 3 aromatic rings. The molecule has 0 amide bonds. The van der Waals surface area contributed by atoms with Crippen LogP contribution in [0.4, 0.5) is 14.5 Å².